The molecule has 0 aliphatic carbocycles. The largest absolute Gasteiger partial charge is 0.288 e. The molecule has 0 amide bonds. The van der Waals surface area contributed by atoms with Crippen LogP contribution in [0.15, 0.2) is 30.9 Å². The zero-order valence-corrected chi connectivity index (χ0v) is 8.95. The molecule has 0 saturated heterocycles. The molecule has 0 aliphatic rings. The molecule has 86 valence electrons. The van der Waals surface area contributed by atoms with Gasteiger partial charge < -0.3 is 0 Å². The summed E-state index contributed by atoms with van der Waals surface area (Å²) >= 11 is 0. The van der Waals surface area contributed by atoms with Crippen LogP contribution in [0, 0.1) is 18.6 Å². The number of nitrogens with zero attached hydrogens (tertiary/aromatic N) is 2. The SMILES string of the molecule is Cc1ccc(C(=O)c2cncnc2)c(F)c1F. The Morgan fingerprint density at radius 3 is 2.41 bits per heavy atom. The van der Waals surface area contributed by atoms with E-state index < -0.39 is 17.4 Å². The minimum absolute atomic E-state index is 0.120. The third-order valence-corrected chi connectivity index (χ3v) is 2.34. The number of ketones is 1. The molecule has 1 aromatic heterocycles. The highest BCUT2D eigenvalue weighted by atomic mass is 19.2. The summed E-state index contributed by atoms with van der Waals surface area (Å²) in [4.78, 5) is 19.1. The summed E-state index contributed by atoms with van der Waals surface area (Å²) in [6.45, 7) is 1.43. The lowest BCUT2D eigenvalue weighted by Gasteiger charge is -2.04. The van der Waals surface area contributed by atoms with E-state index in [1.165, 1.54) is 37.8 Å². The van der Waals surface area contributed by atoms with Crippen molar-refractivity contribution in [2.45, 2.75) is 6.92 Å². The van der Waals surface area contributed by atoms with Crippen LogP contribution in [-0.2, 0) is 0 Å². The molecule has 2 rings (SSSR count). The fourth-order valence-electron chi connectivity index (χ4n) is 1.39. The number of rotatable bonds is 2. The molecular formula is C12H8F2N2O. The Morgan fingerprint density at radius 1 is 1.12 bits per heavy atom. The van der Waals surface area contributed by atoms with E-state index in [1.54, 1.807) is 0 Å². The van der Waals surface area contributed by atoms with Crippen molar-refractivity contribution in [3.05, 3.63) is 59.2 Å². The molecule has 0 N–H and O–H groups in total. The molecule has 0 fully saturated rings. The molecule has 2 aromatic rings. The second kappa shape index (κ2) is 4.37. The van der Waals surface area contributed by atoms with Crippen molar-refractivity contribution < 1.29 is 13.6 Å². The van der Waals surface area contributed by atoms with E-state index in [-0.39, 0.29) is 16.7 Å². The smallest absolute Gasteiger partial charge is 0.199 e. The van der Waals surface area contributed by atoms with E-state index in [0.717, 1.165) is 0 Å². The van der Waals surface area contributed by atoms with Crippen molar-refractivity contribution >= 4 is 5.78 Å². The third-order valence-electron chi connectivity index (χ3n) is 2.34. The Bertz CT molecular complexity index is 570. The summed E-state index contributed by atoms with van der Waals surface area (Å²) < 4.78 is 26.9. The number of aromatic nitrogens is 2. The maximum absolute atomic E-state index is 13.6. The van der Waals surface area contributed by atoms with E-state index >= 15 is 0 Å². The first kappa shape index (κ1) is 11.3. The monoisotopic (exact) mass is 234 g/mol. The molecule has 0 saturated carbocycles. The van der Waals surface area contributed by atoms with Gasteiger partial charge in [0.05, 0.1) is 11.1 Å². The fraction of sp³-hybridized carbons (Fsp3) is 0.0833. The first-order chi connectivity index (χ1) is 8.11. The predicted octanol–water partition coefficient (Wildman–Crippen LogP) is 2.29. The standard InChI is InChI=1S/C12H8F2N2O/c1-7-2-3-9(11(14)10(7)13)12(17)8-4-15-6-16-5-8/h2-6H,1H3. The highest BCUT2D eigenvalue weighted by molar-refractivity contribution is 6.08. The molecule has 5 heteroatoms. The molecular weight excluding hydrogens is 226 g/mol. The quantitative estimate of drug-likeness (QED) is 0.749. The van der Waals surface area contributed by atoms with Gasteiger partial charge in [-0.05, 0) is 18.6 Å². The van der Waals surface area contributed by atoms with E-state index in [4.69, 9.17) is 0 Å². The van der Waals surface area contributed by atoms with Gasteiger partial charge in [0.2, 0.25) is 0 Å². The van der Waals surface area contributed by atoms with Crippen molar-refractivity contribution in [1.82, 2.24) is 9.97 Å². The van der Waals surface area contributed by atoms with Crippen LogP contribution in [0.2, 0.25) is 0 Å². The highest BCUT2D eigenvalue weighted by Gasteiger charge is 2.18. The summed E-state index contributed by atoms with van der Waals surface area (Å²) in [7, 11) is 0. The summed E-state index contributed by atoms with van der Waals surface area (Å²) in [5, 5.41) is 0. The van der Waals surface area contributed by atoms with Gasteiger partial charge in [0.1, 0.15) is 6.33 Å². The van der Waals surface area contributed by atoms with Crippen molar-refractivity contribution in [2.75, 3.05) is 0 Å². The number of hydrogen-bond acceptors (Lipinski definition) is 3. The second-order valence-corrected chi connectivity index (χ2v) is 3.51. The van der Waals surface area contributed by atoms with Gasteiger partial charge >= 0.3 is 0 Å². The molecule has 1 aromatic carbocycles. The average molecular weight is 234 g/mol. The summed E-state index contributed by atoms with van der Waals surface area (Å²) in [5.74, 6) is -2.78. The maximum atomic E-state index is 13.6. The van der Waals surface area contributed by atoms with Crippen LogP contribution in [0.25, 0.3) is 0 Å². The van der Waals surface area contributed by atoms with Crippen molar-refractivity contribution in [3.63, 3.8) is 0 Å². The van der Waals surface area contributed by atoms with Crippen LogP contribution >= 0.6 is 0 Å². The number of aryl methyl sites for hydroxylation is 1. The Labute approximate surface area is 96.2 Å². The van der Waals surface area contributed by atoms with Crippen LogP contribution < -0.4 is 0 Å². The lowest BCUT2D eigenvalue weighted by molar-refractivity contribution is 0.103. The van der Waals surface area contributed by atoms with Gasteiger partial charge in [-0.25, -0.2) is 18.7 Å². The van der Waals surface area contributed by atoms with E-state index in [1.807, 2.05) is 0 Å². The zero-order chi connectivity index (χ0) is 12.4. The number of halogens is 2. The van der Waals surface area contributed by atoms with Gasteiger partial charge in [-0.1, -0.05) is 6.07 Å². The van der Waals surface area contributed by atoms with E-state index in [9.17, 15) is 13.6 Å². The van der Waals surface area contributed by atoms with Crippen molar-refractivity contribution in [1.29, 1.82) is 0 Å². The number of carbonyl (C=O) groups is 1. The van der Waals surface area contributed by atoms with Crippen LogP contribution in [0.4, 0.5) is 8.78 Å². The Kier molecular flexibility index (Phi) is 2.91. The molecule has 1 heterocycles. The van der Waals surface area contributed by atoms with Gasteiger partial charge in [-0.15, -0.1) is 0 Å². The average Bonchev–Trinajstić information content (AvgIpc) is 2.36. The van der Waals surface area contributed by atoms with Gasteiger partial charge in [0, 0.05) is 12.4 Å². The molecule has 0 atom stereocenters. The van der Waals surface area contributed by atoms with Gasteiger partial charge in [0.15, 0.2) is 17.4 Å². The molecule has 0 bridgehead atoms. The predicted molar refractivity (Wildman–Crippen MR) is 56.6 cm³/mol. The Morgan fingerprint density at radius 2 is 1.76 bits per heavy atom. The van der Waals surface area contributed by atoms with Gasteiger partial charge in [-0.3, -0.25) is 4.79 Å². The molecule has 0 aliphatic heterocycles. The zero-order valence-electron chi connectivity index (χ0n) is 8.95. The number of benzene rings is 1. The van der Waals surface area contributed by atoms with E-state index in [2.05, 4.69) is 9.97 Å². The van der Waals surface area contributed by atoms with Gasteiger partial charge in [0.25, 0.3) is 0 Å². The van der Waals surface area contributed by atoms with Crippen LogP contribution in [0.1, 0.15) is 21.5 Å². The van der Waals surface area contributed by atoms with Gasteiger partial charge in [-0.2, -0.15) is 0 Å². The summed E-state index contributed by atoms with van der Waals surface area (Å²) in [5.41, 5.74) is -0.0408. The first-order valence-electron chi connectivity index (χ1n) is 4.85. The fourth-order valence-corrected chi connectivity index (χ4v) is 1.39. The Balaban J connectivity index is 2.49. The summed E-state index contributed by atoms with van der Waals surface area (Å²) in [6.07, 6.45) is 3.77. The molecule has 0 unspecified atom stereocenters. The van der Waals surface area contributed by atoms with Crippen LogP contribution in [0.3, 0.4) is 0 Å². The first-order valence-corrected chi connectivity index (χ1v) is 4.85. The lowest BCUT2D eigenvalue weighted by Crippen LogP contribution is -2.07. The third kappa shape index (κ3) is 2.04. The molecule has 17 heavy (non-hydrogen) atoms. The second-order valence-electron chi connectivity index (χ2n) is 3.51. The van der Waals surface area contributed by atoms with E-state index in [0.29, 0.717) is 0 Å². The van der Waals surface area contributed by atoms with Crippen LogP contribution in [0.5, 0.6) is 0 Å². The highest BCUT2D eigenvalue weighted by Crippen LogP contribution is 2.18. The van der Waals surface area contributed by atoms with Crippen molar-refractivity contribution in [2.24, 2.45) is 0 Å². The minimum Gasteiger partial charge on any atom is -0.288 e. The Hall–Kier alpha value is -2.17. The lowest BCUT2D eigenvalue weighted by atomic mass is 10.0. The normalized spacial score (nSPS) is 10.3. The van der Waals surface area contributed by atoms with Crippen molar-refractivity contribution in [3.8, 4) is 0 Å². The number of hydrogen-bond donors (Lipinski definition) is 0. The summed E-state index contributed by atoms with van der Waals surface area (Å²) in [6, 6.07) is 2.61. The molecule has 0 radical (unpaired) electrons. The molecule has 3 nitrogen and oxygen atoms in total. The topological polar surface area (TPSA) is 42.9 Å². The maximum Gasteiger partial charge on any atom is 0.199 e. The van der Waals surface area contributed by atoms with Crippen LogP contribution in [-0.4, -0.2) is 15.8 Å². The minimum atomic E-state index is -1.14. The molecule has 0 spiro atoms. The number of carbonyl (C=O) groups excluding carboxylic acids is 1.